The van der Waals surface area contributed by atoms with Crippen molar-refractivity contribution in [2.24, 2.45) is 0 Å². The minimum atomic E-state index is -3.73. The largest absolute Gasteiger partial charge is 0.296 e. The number of nitrogens with zero attached hydrogens (tertiary/aromatic N) is 2. The van der Waals surface area contributed by atoms with Gasteiger partial charge < -0.3 is 0 Å². The average Bonchev–Trinajstić information content (AvgIpc) is 3.11. The third-order valence-electron chi connectivity index (χ3n) is 3.70. The molecule has 0 aliphatic rings. The first kappa shape index (κ1) is 20.2. The van der Waals surface area contributed by atoms with E-state index < -0.39 is 15.9 Å². The fourth-order valence-electron chi connectivity index (χ4n) is 2.39. The number of hydrogen-bond acceptors (Lipinski definition) is 6. The average molecular weight is 437 g/mol. The van der Waals surface area contributed by atoms with Crippen LogP contribution in [0.5, 0.6) is 0 Å². The van der Waals surface area contributed by atoms with Crippen LogP contribution in [0.4, 0.5) is 10.8 Å². The number of para-hydroxylation sites is 1. The quantitative estimate of drug-likeness (QED) is 0.584. The maximum atomic E-state index is 12.6. The van der Waals surface area contributed by atoms with Gasteiger partial charge in [0.05, 0.1) is 17.0 Å². The topological polar surface area (TPSA) is 101 Å². The Morgan fingerprint density at radius 1 is 1.11 bits per heavy atom. The van der Waals surface area contributed by atoms with Crippen molar-refractivity contribution in [3.63, 3.8) is 0 Å². The van der Waals surface area contributed by atoms with E-state index in [0.29, 0.717) is 22.1 Å². The van der Waals surface area contributed by atoms with Gasteiger partial charge in [-0.1, -0.05) is 54.1 Å². The van der Waals surface area contributed by atoms with E-state index in [-0.39, 0.29) is 17.0 Å². The highest BCUT2D eigenvalue weighted by Gasteiger charge is 2.18. The van der Waals surface area contributed by atoms with Crippen LogP contribution in [-0.4, -0.2) is 24.5 Å². The van der Waals surface area contributed by atoms with Gasteiger partial charge in [0.1, 0.15) is 5.01 Å². The first-order valence-electron chi connectivity index (χ1n) is 8.34. The van der Waals surface area contributed by atoms with Gasteiger partial charge in [-0.2, -0.15) is 0 Å². The number of aryl methyl sites for hydroxylation is 1. The zero-order valence-electron chi connectivity index (χ0n) is 14.8. The van der Waals surface area contributed by atoms with Crippen LogP contribution in [0.3, 0.4) is 0 Å². The van der Waals surface area contributed by atoms with E-state index in [0.717, 1.165) is 5.01 Å². The summed E-state index contributed by atoms with van der Waals surface area (Å²) in [7, 11) is -3.73. The van der Waals surface area contributed by atoms with Gasteiger partial charge >= 0.3 is 0 Å². The summed E-state index contributed by atoms with van der Waals surface area (Å²) >= 11 is 7.10. The maximum absolute atomic E-state index is 12.6. The highest BCUT2D eigenvalue weighted by Crippen LogP contribution is 2.22. The molecular weight excluding hydrogens is 420 g/mol. The van der Waals surface area contributed by atoms with Crippen molar-refractivity contribution in [1.82, 2.24) is 10.2 Å². The Bertz CT molecular complexity index is 1080. The Morgan fingerprint density at radius 3 is 2.50 bits per heavy atom. The Morgan fingerprint density at radius 2 is 1.82 bits per heavy atom. The number of carbonyl (C=O) groups excluding carboxylic acids is 1. The fraction of sp³-hybridized carbons (Fsp3) is 0.167. The number of benzene rings is 2. The second-order valence-electron chi connectivity index (χ2n) is 5.84. The van der Waals surface area contributed by atoms with Crippen LogP contribution in [0.2, 0.25) is 5.02 Å². The molecule has 2 N–H and O–H groups in total. The summed E-state index contributed by atoms with van der Waals surface area (Å²) in [6.07, 6.45) is 0.717. The molecule has 1 amide bonds. The van der Waals surface area contributed by atoms with Gasteiger partial charge in [0.25, 0.3) is 5.91 Å². The van der Waals surface area contributed by atoms with Gasteiger partial charge in [-0.3, -0.25) is 14.8 Å². The number of halogens is 1. The van der Waals surface area contributed by atoms with Crippen molar-refractivity contribution in [3.8, 4) is 0 Å². The molecule has 0 fully saturated rings. The van der Waals surface area contributed by atoms with E-state index in [1.807, 2.05) is 6.92 Å². The first-order chi connectivity index (χ1) is 13.4. The van der Waals surface area contributed by atoms with E-state index in [2.05, 4.69) is 20.2 Å². The molecule has 0 radical (unpaired) electrons. The number of carbonyl (C=O) groups is 1. The lowest BCUT2D eigenvalue weighted by Crippen LogP contribution is -2.19. The number of hydrogen-bond donors (Lipinski definition) is 2. The van der Waals surface area contributed by atoms with Crippen molar-refractivity contribution < 1.29 is 13.2 Å². The molecule has 0 atom stereocenters. The standard InChI is InChI=1S/C18H17ClN4O3S2/c1-2-16-21-22-18(27-16)20-17(24)14-5-3-4-6-15(14)23-28(25,26)11-12-7-9-13(19)10-8-12/h3-10,23H,2,11H2,1H3,(H,20,22,24). The summed E-state index contributed by atoms with van der Waals surface area (Å²) in [5.74, 6) is -0.709. The highest BCUT2D eigenvalue weighted by molar-refractivity contribution is 7.91. The summed E-state index contributed by atoms with van der Waals surface area (Å²) in [6, 6.07) is 12.9. The predicted molar refractivity (Wildman–Crippen MR) is 111 cm³/mol. The summed E-state index contributed by atoms with van der Waals surface area (Å²) in [5.41, 5.74) is 0.962. The fourth-order valence-corrected chi connectivity index (χ4v) is 4.40. The molecule has 2 aromatic carbocycles. The van der Waals surface area contributed by atoms with E-state index in [9.17, 15) is 13.2 Å². The molecule has 146 valence electrons. The molecule has 28 heavy (non-hydrogen) atoms. The minimum Gasteiger partial charge on any atom is -0.296 e. The van der Waals surface area contributed by atoms with Crippen LogP contribution >= 0.6 is 22.9 Å². The van der Waals surface area contributed by atoms with E-state index in [1.165, 1.54) is 23.5 Å². The van der Waals surface area contributed by atoms with Crippen molar-refractivity contribution in [2.45, 2.75) is 19.1 Å². The molecule has 0 bridgehead atoms. The molecule has 0 saturated heterocycles. The monoisotopic (exact) mass is 436 g/mol. The number of rotatable bonds is 7. The predicted octanol–water partition coefficient (Wildman–Crippen LogP) is 3.95. The van der Waals surface area contributed by atoms with E-state index in [4.69, 9.17) is 11.6 Å². The third-order valence-corrected chi connectivity index (χ3v) is 6.18. The van der Waals surface area contributed by atoms with Gasteiger partial charge in [0, 0.05) is 5.02 Å². The summed E-state index contributed by atoms with van der Waals surface area (Å²) in [4.78, 5) is 12.6. The van der Waals surface area contributed by atoms with Gasteiger partial charge in [-0.25, -0.2) is 8.42 Å². The van der Waals surface area contributed by atoms with Gasteiger partial charge in [-0.15, -0.1) is 10.2 Å². The third kappa shape index (κ3) is 5.28. The van der Waals surface area contributed by atoms with Crippen molar-refractivity contribution in [3.05, 3.63) is 69.7 Å². The Balaban J connectivity index is 1.77. The summed E-state index contributed by atoms with van der Waals surface area (Å²) < 4.78 is 27.5. The van der Waals surface area contributed by atoms with Crippen molar-refractivity contribution >= 4 is 49.7 Å². The molecule has 3 rings (SSSR count). The van der Waals surface area contributed by atoms with Crippen LogP contribution in [0.15, 0.2) is 48.5 Å². The van der Waals surface area contributed by atoms with E-state index >= 15 is 0 Å². The Hall–Kier alpha value is -2.49. The number of anilines is 2. The molecule has 1 aromatic heterocycles. The van der Waals surface area contributed by atoms with Crippen molar-refractivity contribution in [2.75, 3.05) is 10.0 Å². The van der Waals surface area contributed by atoms with Crippen LogP contribution in [0, 0.1) is 0 Å². The van der Waals surface area contributed by atoms with Crippen molar-refractivity contribution in [1.29, 1.82) is 0 Å². The molecule has 0 saturated carbocycles. The van der Waals surface area contributed by atoms with Gasteiger partial charge in [0.2, 0.25) is 15.2 Å². The normalized spacial score (nSPS) is 11.2. The van der Waals surface area contributed by atoms with Crippen LogP contribution in [-0.2, 0) is 22.2 Å². The molecule has 0 aliphatic carbocycles. The number of aromatic nitrogens is 2. The zero-order valence-corrected chi connectivity index (χ0v) is 17.2. The number of nitrogens with one attached hydrogen (secondary N) is 2. The Kier molecular flexibility index (Phi) is 6.28. The second-order valence-corrected chi connectivity index (χ2v) is 9.06. The molecule has 0 aliphatic heterocycles. The first-order valence-corrected chi connectivity index (χ1v) is 11.2. The minimum absolute atomic E-state index is 0.189. The second kappa shape index (κ2) is 8.68. The lowest BCUT2D eigenvalue weighted by Gasteiger charge is -2.12. The number of sulfonamides is 1. The molecule has 0 unspecified atom stereocenters. The van der Waals surface area contributed by atoms with Crippen LogP contribution in [0.25, 0.3) is 0 Å². The van der Waals surface area contributed by atoms with Gasteiger partial charge in [-0.05, 0) is 36.2 Å². The summed E-state index contributed by atoms with van der Waals surface area (Å²) in [5, 5.41) is 12.2. The highest BCUT2D eigenvalue weighted by atomic mass is 35.5. The smallest absolute Gasteiger partial charge is 0.259 e. The molecule has 3 aromatic rings. The SMILES string of the molecule is CCc1nnc(NC(=O)c2ccccc2NS(=O)(=O)Cc2ccc(Cl)cc2)s1. The molecule has 10 heteroatoms. The molecule has 1 heterocycles. The molecule has 0 spiro atoms. The van der Waals surface area contributed by atoms with Crippen LogP contribution in [0.1, 0.15) is 27.9 Å². The van der Waals surface area contributed by atoms with Crippen LogP contribution < -0.4 is 10.0 Å². The number of amides is 1. The lowest BCUT2D eigenvalue weighted by atomic mass is 10.2. The summed E-state index contributed by atoms with van der Waals surface area (Å²) in [6.45, 7) is 1.94. The molecule has 7 nitrogen and oxygen atoms in total. The lowest BCUT2D eigenvalue weighted by molar-refractivity contribution is 0.102. The molecular formula is C18H17ClN4O3S2. The Labute approximate surface area is 171 Å². The maximum Gasteiger partial charge on any atom is 0.259 e. The zero-order chi connectivity index (χ0) is 20.1. The van der Waals surface area contributed by atoms with Gasteiger partial charge in [0.15, 0.2) is 0 Å². The van der Waals surface area contributed by atoms with E-state index in [1.54, 1.807) is 36.4 Å².